The van der Waals surface area contributed by atoms with Gasteiger partial charge in [-0.05, 0) is 12.1 Å². The topological polar surface area (TPSA) is 94.8 Å². The summed E-state index contributed by atoms with van der Waals surface area (Å²) < 4.78 is 0. The molecule has 0 amide bonds. The SMILES string of the molecule is O=C1c2ccc(CO)c(O)c2C(=O)c2cccc(O)c21. The third kappa shape index (κ3) is 1.47. The number of phenolic OH excluding ortho intramolecular Hbond substituents is 1. The van der Waals surface area contributed by atoms with Gasteiger partial charge in [-0.1, -0.05) is 18.2 Å². The van der Waals surface area contributed by atoms with Gasteiger partial charge in [-0.25, -0.2) is 0 Å². The van der Waals surface area contributed by atoms with Crippen LogP contribution in [0.2, 0.25) is 0 Å². The fourth-order valence-electron chi connectivity index (χ4n) is 2.42. The molecule has 0 radical (unpaired) electrons. The van der Waals surface area contributed by atoms with Crippen LogP contribution in [0.1, 0.15) is 37.4 Å². The maximum atomic E-state index is 12.4. The summed E-state index contributed by atoms with van der Waals surface area (Å²) in [7, 11) is 0. The van der Waals surface area contributed by atoms with Gasteiger partial charge in [0, 0.05) is 16.7 Å². The van der Waals surface area contributed by atoms with E-state index in [1.165, 1.54) is 30.3 Å². The van der Waals surface area contributed by atoms with Gasteiger partial charge in [-0.3, -0.25) is 9.59 Å². The van der Waals surface area contributed by atoms with E-state index in [0.717, 1.165) is 0 Å². The third-order valence-electron chi connectivity index (χ3n) is 3.42. The Bertz CT molecular complexity index is 761. The Labute approximate surface area is 113 Å². The van der Waals surface area contributed by atoms with E-state index in [1.807, 2.05) is 0 Å². The molecule has 0 atom stereocenters. The summed E-state index contributed by atoms with van der Waals surface area (Å²) in [5, 5.41) is 28.9. The predicted molar refractivity (Wildman–Crippen MR) is 69.0 cm³/mol. The summed E-state index contributed by atoms with van der Waals surface area (Å²) in [6.07, 6.45) is 0. The minimum absolute atomic E-state index is 0.0266. The average molecular weight is 270 g/mol. The zero-order valence-electron chi connectivity index (χ0n) is 10.3. The number of hydrogen-bond acceptors (Lipinski definition) is 5. The highest BCUT2D eigenvalue weighted by molar-refractivity contribution is 6.30. The summed E-state index contributed by atoms with van der Waals surface area (Å²) in [6.45, 7) is -0.437. The van der Waals surface area contributed by atoms with Crippen LogP contribution in [0.15, 0.2) is 30.3 Å². The van der Waals surface area contributed by atoms with E-state index in [1.54, 1.807) is 0 Å². The van der Waals surface area contributed by atoms with Crippen LogP contribution in [-0.4, -0.2) is 26.9 Å². The van der Waals surface area contributed by atoms with E-state index in [-0.39, 0.29) is 33.6 Å². The van der Waals surface area contributed by atoms with Crippen molar-refractivity contribution < 1.29 is 24.9 Å². The van der Waals surface area contributed by atoms with Gasteiger partial charge in [0.2, 0.25) is 0 Å². The van der Waals surface area contributed by atoms with E-state index in [0.29, 0.717) is 0 Å². The van der Waals surface area contributed by atoms with Gasteiger partial charge in [0.25, 0.3) is 0 Å². The minimum Gasteiger partial charge on any atom is -0.507 e. The largest absolute Gasteiger partial charge is 0.507 e. The van der Waals surface area contributed by atoms with Crippen molar-refractivity contribution in [3.05, 3.63) is 58.1 Å². The Morgan fingerprint density at radius 1 is 0.850 bits per heavy atom. The molecule has 20 heavy (non-hydrogen) atoms. The molecule has 0 saturated carbocycles. The lowest BCUT2D eigenvalue weighted by molar-refractivity contribution is 0.0974. The van der Waals surface area contributed by atoms with Gasteiger partial charge >= 0.3 is 0 Å². The van der Waals surface area contributed by atoms with Gasteiger partial charge in [0.15, 0.2) is 11.6 Å². The molecule has 1 aliphatic carbocycles. The van der Waals surface area contributed by atoms with Crippen LogP contribution in [-0.2, 0) is 6.61 Å². The summed E-state index contributed by atoms with van der Waals surface area (Å²) in [5.41, 5.74) is 0.0703. The first-order valence-electron chi connectivity index (χ1n) is 5.93. The summed E-state index contributed by atoms with van der Waals surface area (Å²) in [6, 6.07) is 6.96. The quantitative estimate of drug-likeness (QED) is 0.620. The predicted octanol–water partition coefficient (Wildman–Crippen LogP) is 1.37. The van der Waals surface area contributed by atoms with Gasteiger partial charge in [-0.2, -0.15) is 0 Å². The zero-order valence-corrected chi connectivity index (χ0v) is 10.3. The second kappa shape index (κ2) is 4.18. The van der Waals surface area contributed by atoms with Gasteiger partial charge in [-0.15, -0.1) is 0 Å². The van der Waals surface area contributed by atoms with Crippen molar-refractivity contribution in [3.63, 3.8) is 0 Å². The fourth-order valence-corrected chi connectivity index (χ4v) is 2.42. The number of carbonyl (C=O) groups excluding carboxylic acids is 2. The number of phenols is 2. The number of fused-ring (bicyclic) bond motifs is 2. The number of rotatable bonds is 1. The number of aliphatic hydroxyl groups excluding tert-OH is 1. The molecule has 0 saturated heterocycles. The third-order valence-corrected chi connectivity index (χ3v) is 3.42. The first kappa shape index (κ1) is 12.4. The van der Waals surface area contributed by atoms with E-state index in [2.05, 4.69) is 0 Å². The summed E-state index contributed by atoms with van der Waals surface area (Å²) in [4.78, 5) is 24.7. The Kier molecular flexibility index (Phi) is 2.59. The average Bonchev–Trinajstić information content (AvgIpc) is 2.44. The summed E-state index contributed by atoms with van der Waals surface area (Å²) in [5.74, 6) is -1.72. The smallest absolute Gasteiger partial charge is 0.198 e. The van der Waals surface area contributed by atoms with Gasteiger partial charge < -0.3 is 15.3 Å². The highest BCUT2D eigenvalue weighted by Crippen LogP contribution is 2.37. The molecule has 0 aromatic heterocycles. The van der Waals surface area contributed by atoms with Crippen LogP contribution in [0.5, 0.6) is 11.5 Å². The molecule has 0 bridgehead atoms. The van der Waals surface area contributed by atoms with Crippen molar-refractivity contribution in [1.29, 1.82) is 0 Å². The van der Waals surface area contributed by atoms with Gasteiger partial charge in [0.1, 0.15) is 11.5 Å². The molecule has 1 aliphatic rings. The van der Waals surface area contributed by atoms with Crippen LogP contribution < -0.4 is 0 Å². The number of aliphatic hydroxyl groups is 1. The molecule has 5 nitrogen and oxygen atoms in total. The molecule has 3 rings (SSSR count). The van der Waals surface area contributed by atoms with Crippen LogP contribution in [0, 0.1) is 0 Å². The molecule has 2 aromatic rings. The van der Waals surface area contributed by atoms with Crippen LogP contribution in [0.25, 0.3) is 0 Å². The molecule has 0 unspecified atom stereocenters. The normalized spacial score (nSPS) is 13.1. The minimum atomic E-state index is -0.543. The molecule has 2 aromatic carbocycles. The number of hydrogen-bond donors (Lipinski definition) is 3. The molecule has 100 valence electrons. The Balaban J connectivity index is 2.35. The maximum Gasteiger partial charge on any atom is 0.198 e. The molecular formula is C15H10O5. The number of aromatic hydroxyl groups is 2. The first-order valence-corrected chi connectivity index (χ1v) is 5.93. The highest BCUT2D eigenvalue weighted by Gasteiger charge is 2.34. The van der Waals surface area contributed by atoms with Gasteiger partial charge in [0.05, 0.1) is 17.7 Å². The standard InChI is InChI=1S/C15H10O5/c16-6-7-4-5-9-12(13(7)18)15(20)8-2-1-3-10(17)11(8)14(9)19/h1-5,16-18H,6H2. The summed E-state index contributed by atoms with van der Waals surface area (Å²) >= 11 is 0. The number of benzene rings is 2. The molecule has 0 spiro atoms. The number of ketones is 2. The number of carbonyl (C=O) groups is 2. The Hall–Kier alpha value is -2.66. The highest BCUT2D eigenvalue weighted by atomic mass is 16.3. The van der Waals surface area contributed by atoms with Crippen molar-refractivity contribution >= 4 is 11.6 Å². The van der Waals surface area contributed by atoms with Crippen LogP contribution in [0.4, 0.5) is 0 Å². The lowest BCUT2D eigenvalue weighted by Crippen LogP contribution is -2.21. The van der Waals surface area contributed by atoms with Crippen molar-refractivity contribution in [2.45, 2.75) is 6.61 Å². The molecule has 3 N–H and O–H groups in total. The Morgan fingerprint density at radius 2 is 1.50 bits per heavy atom. The lowest BCUT2D eigenvalue weighted by atomic mass is 9.82. The zero-order chi connectivity index (χ0) is 14.4. The second-order valence-electron chi connectivity index (χ2n) is 4.51. The van der Waals surface area contributed by atoms with Crippen molar-refractivity contribution in [2.24, 2.45) is 0 Å². The second-order valence-corrected chi connectivity index (χ2v) is 4.51. The Morgan fingerprint density at radius 3 is 2.20 bits per heavy atom. The molecule has 5 heteroatoms. The first-order chi connectivity index (χ1) is 9.56. The monoisotopic (exact) mass is 270 g/mol. The van der Waals surface area contributed by atoms with Crippen molar-refractivity contribution in [3.8, 4) is 11.5 Å². The lowest BCUT2D eigenvalue weighted by Gasteiger charge is -2.20. The van der Waals surface area contributed by atoms with E-state index in [9.17, 15) is 19.8 Å². The van der Waals surface area contributed by atoms with E-state index in [4.69, 9.17) is 5.11 Å². The fraction of sp³-hybridized carbons (Fsp3) is 0.0667. The molecule has 0 aliphatic heterocycles. The van der Waals surface area contributed by atoms with Crippen LogP contribution in [0.3, 0.4) is 0 Å². The van der Waals surface area contributed by atoms with Crippen molar-refractivity contribution in [1.82, 2.24) is 0 Å². The molecular weight excluding hydrogens is 260 g/mol. The molecule has 0 fully saturated rings. The van der Waals surface area contributed by atoms with E-state index >= 15 is 0 Å². The maximum absolute atomic E-state index is 12.4. The van der Waals surface area contributed by atoms with Crippen molar-refractivity contribution in [2.75, 3.05) is 0 Å². The van der Waals surface area contributed by atoms with E-state index < -0.39 is 23.9 Å². The molecule has 0 heterocycles. The van der Waals surface area contributed by atoms with Crippen LogP contribution >= 0.6 is 0 Å².